The fourth-order valence-electron chi connectivity index (χ4n) is 14.3. The molecule has 0 amide bonds. The van der Waals surface area contributed by atoms with Gasteiger partial charge in [0.2, 0.25) is 0 Å². The second kappa shape index (κ2) is 47.8. The minimum absolute atomic E-state index is 0.0146. The quantitative estimate of drug-likeness (QED) is 0.0213. The number of carbonyl (C=O) groups excluding carboxylic acids is 4. The zero-order chi connectivity index (χ0) is 87.0. The number of carbonyl (C=O) groups is 4. The molecule has 2 atom stereocenters. The lowest BCUT2D eigenvalue weighted by Crippen LogP contribution is -2.43. The van der Waals surface area contributed by atoms with E-state index in [9.17, 15) is 54.3 Å². The molecule has 4 aliphatic rings. The van der Waals surface area contributed by atoms with E-state index in [-0.39, 0.29) is 70.2 Å². The average Bonchev–Trinajstić information content (AvgIpc) is 0.798. The number of benzene rings is 9. The summed E-state index contributed by atoms with van der Waals surface area (Å²) in [6, 6.07) is 85.8. The van der Waals surface area contributed by atoms with E-state index >= 15 is 0 Å². The molecule has 9 aromatic carbocycles. The van der Waals surface area contributed by atoms with Gasteiger partial charge < -0.3 is 28.4 Å². The molecule has 0 bridgehead atoms. The summed E-state index contributed by atoms with van der Waals surface area (Å²) < 4.78 is 135. The molecule has 0 spiro atoms. The van der Waals surface area contributed by atoms with Gasteiger partial charge in [-0.1, -0.05) is 238 Å². The summed E-state index contributed by atoms with van der Waals surface area (Å²) in [6.07, 6.45) is 4.17. The number of aryl methyl sites for hydroxylation is 6. The van der Waals surface area contributed by atoms with Gasteiger partial charge in [-0.25, -0.2) is 0 Å². The fourth-order valence-corrected chi connectivity index (χ4v) is 20.5. The monoisotopic (exact) mass is 1730 g/mol. The highest BCUT2D eigenvalue weighted by Gasteiger charge is 2.55. The Morgan fingerprint density at radius 3 is 0.645 bits per heavy atom. The standard InChI is InChI=1S/2C21H21S.2C20H30F4O5.C18H15S/c2*1-16-4-10-19(11-5-16)22(20-12-6-17(2)7-13-20)21-14-8-18(3)9-15-21;2*1-19(21,22)20(23,24)28-13-16(29-18(26)15-10-6-3-7-11-15)12-27-17(25)14-8-4-2-5-9-14;1-4-10-16(11-5-1)19(17-12-6-2-7-13-17)18-14-8-3-9-15-18/h2*4-15H,1-3H3;2*14-16H,2-13H2,1H3;1-15H/q2*+1;;;+1. The predicted molar refractivity (Wildman–Crippen MR) is 464 cm³/mol. The van der Waals surface area contributed by atoms with Gasteiger partial charge in [0.1, 0.15) is 13.2 Å². The first kappa shape index (κ1) is 96.1. The molecule has 4 fully saturated rings. The SMILES string of the molecule is CC(F)(F)C(F)(F)OCC(COC(=O)C1CCCCC1)OC(=O)C1CCCCC1.CC(F)(F)C(F)(F)OCC(COC(=O)C1CCCCC1)OC(=O)C1CCCCC1.Cc1ccc([S+](c2ccc(C)cc2)c2ccc(C)cc2)cc1.Cc1ccc([S+](c2ccc(C)cc2)c2ccc(C)cc2)cc1.c1ccc([S+](c2ccccc2)c2ccccc2)cc1. The van der Waals surface area contributed by atoms with Crippen molar-refractivity contribution in [1.82, 2.24) is 0 Å². The molecule has 0 aromatic heterocycles. The van der Waals surface area contributed by atoms with Crippen LogP contribution in [-0.2, 0) is 80.3 Å². The van der Waals surface area contributed by atoms with Crippen LogP contribution in [0.3, 0.4) is 0 Å². The van der Waals surface area contributed by atoms with Crippen LogP contribution in [0.25, 0.3) is 0 Å². The predicted octanol–water partition coefficient (Wildman–Crippen LogP) is 25.9. The maximum absolute atomic E-state index is 13.5. The van der Waals surface area contributed by atoms with E-state index in [0.717, 1.165) is 77.0 Å². The highest BCUT2D eigenvalue weighted by molar-refractivity contribution is 7.97. The summed E-state index contributed by atoms with van der Waals surface area (Å²) >= 11 is 0. The third kappa shape index (κ3) is 30.9. The fraction of sp³-hybridized carbons (Fsp3) is 0.420. The molecule has 4 aliphatic carbocycles. The van der Waals surface area contributed by atoms with Crippen LogP contribution in [0.4, 0.5) is 35.1 Å². The summed E-state index contributed by atoms with van der Waals surface area (Å²) in [5.41, 5.74) is 7.83. The van der Waals surface area contributed by atoms with Crippen molar-refractivity contribution in [2.24, 2.45) is 23.7 Å². The first-order chi connectivity index (χ1) is 57.9. The number of halogens is 8. The normalized spacial score (nSPS) is 15.6. The van der Waals surface area contributed by atoms with Gasteiger partial charge in [-0.15, -0.1) is 0 Å². The summed E-state index contributed by atoms with van der Waals surface area (Å²) in [7, 11) is -0.0935. The third-order valence-electron chi connectivity index (χ3n) is 21.5. The molecule has 0 aliphatic heterocycles. The number of hydrogen-bond donors (Lipinski definition) is 0. The Balaban J connectivity index is 0.000000173. The van der Waals surface area contributed by atoms with E-state index in [2.05, 4.69) is 288 Å². The Hall–Kier alpha value is -8.73. The highest BCUT2D eigenvalue weighted by Crippen LogP contribution is 2.40. The van der Waals surface area contributed by atoms with Crippen LogP contribution >= 0.6 is 0 Å². The number of hydrogen-bond acceptors (Lipinski definition) is 10. The van der Waals surface area contributed by atoms with Crippen molar-refractivity contribution in [3.8, 4) is 0 Å². The largest absolute Gasteiger partial charge is 0.461 e. The first-order valence-electron chi connectivity index (χ1n) is 42.2. The first-order valence-corrected chi connectivity index (χ1v) is 45.9. The van der Waals surface area contributed by atoms with Crippen molar-refractivity contribution >= 4 is 56.6 Å². The number of rotatable bonds is 27. The highest BCUT2D eigenvalue weighted by atomic mass is 32.2. The van der Waals surface area contributed by atoms with Crippen molar-refractivity contribution in [2.75, 3.05) is 26.4 Å². The maximum atomic E-state index is 13.5. The zero-order valence-corrected chi connectivity index (χ0v) is 73.2. The van der Waals surface area contributed by atoms with Gasteiger partial charge in [0.15, 0.2) is 56.3 Å². The van der Waals surface area contributed by atoms with E-state index in [4.69, 9.17) is 18.9 Å². The van der Waals surface area contributed by atoms with Crippen LogP contribution in [0, 0.1) is 65.2 Å². The van der Waals surface area contributed by atoms with Gasteiger partial charge in [0, 0.05) is 13.8 Å². The lowest BCUT2D eigenvalue weighted by Gasteiger charge is -2.28. The Kier molecular flexibility index (Phi) is 37.9. The Morgan fingerprint density at radius 1 is 0.273 bits per heavy atom. The summed E-state index contributed by atoms with van der Waals surface area (Å²) in [5.74, 6) is -12.3. The van der Waals surface area contributed by atoms with Crippen LogP contribution in [0.1, 0.15) is 176 Å². The second-order valence-corrected chi connectivity index (χ2v) is 38.0. The molecule has 13 rings (SSSR count). The Bertz CT molecular complexity index is 3990. The third-order valence-corrected chi connectivity index (χ3v) is 28.2. The molecule has 0 N–H and O–H groups in total. The molecular weight excluding hydrogens is 1610 g/mol. The Labute approximate surface area is 719 Å². The molecule has 9 aromatic rings. The van der Waals surface area contributed by atoms with Gasteiger partial charge in [0.25, 0.3) is 0 Å². The minimum Gasteiger partial charge on any atom is -0.461 e. The van der Waals surface area contributed by atoms with E-state index in [1.165, 1.54) is 77.4 Å². The van der Waals surface area contributed by atoms with E-state index in [0.29, 0.717) is 51.4 Å². The van der Waals surface area contributed by atoms with Crippen LogP contribution in [0.2, 0.25) is 0 Å². The van der Waals surface area contributed by atoms with E-state index in [1.54, 1.807) is 0 Å². The number of ether oxygens (including phenoxy) is 6. The van der Waals surface area contributed by atoms with Crippen molar-refractivity contribution in [1.29, 1.82) is 0 Å². The smallest absolute Gasteiger partial charge is 0.419 e. The van der Waals surface area contributed by atoms with Gasteiger partial charge >= 0.3 is 47.9 Å². The lowest BCUT2D eigenvalue weighted by molar-refractivity contribution is -0.346. The molecule has 4 saturated carbocycles. The van der Waals surface area contributed by atoms with E-state index in [1.807, 2.05) is 0 Å². The van der Waals surface area contributed by atoms with E-state index < -0.39 is 86.6 Å². The Morgan fingerprint density at radius 2 is 0.455 bits per heavy atom. The summed E-state index contributed by atoms with van der Waals surface area (Å²) in [4.78, 5) is 61.3. The maximum Gasteiger partial charge on any atom is 0.419 e. The molecule has 21 heteroatoms. The van der Waals surface area contributed by atoms with Crippen LogP contribution in [0.5, 0.6) is 0 Å². The second-order valence-electron chi connectivity index (χ2n) is 31.9. The van der Waals surface area contributed by atoms with Gasteiger partial charge in [-0.3, -0.25) is 19.2 Å². The van der Waals surface area contributed by atoms with Crippen molar-refractivity contribution < 1.29 is 82.7 Å². The molecule has 10 nitrogen and oxygen atoms in total. The lowest BCUT2D eigenvalue weighted by atomic mass is 9.89. The molecular formula is C100H117F8O10S3+3. The number of alkyl halides is 8. The minimum atomic E-state index is -4.73. The average molecular weight is 1730 g/mol. The molecule has 0 saturated heterocycles. The summed E-state index contributed by atoms with van der Waals surface area (Å²) in [5, 5.41) is 0. The van der Waals surface area contributed by atoms with Crippen LogP contribution in [-0.4, -0.2) is 86.6 Å². The van der Waals surface area contributed by atoms with Gasteiger partial charge in [-0.05, 0) is 202 Å². The summed E-state index contributed by atoms with van der Waals surface area (Å²) in [6.45, 7) is 9.92. The topological polar surface area (TPSA) is 124 Å². The molecule has 121 heavy (non-hydrogen) atoms. The molecule has 0 heterocycles. The van der Waals surface area contributed by atoms with Crippen LogP contribution < -0.4 is 0 Å². The number of esters is 4. The zero-order valence-electron chi connectivity index (χ0n) is 70.8. The van der Waals surface area contributed by atoms with Crippen molar-refractivity contribution in [3.05, 3.63) is 270 Å². The van der Waals surface area contributed by atoms with Gasteiger partial charge in [0.05, 0.1) is 69.6 Å². The van der Waals surface area contributed by atoms with Crippen molar-refractivity contribution in [3.63, 3.8) is 0 Å². The van der Waals surface area contributed by atoms with Gasteiger partial charge in [-0.2, -0.15) is 35.1 Å². The van der Waals surface area contributed by atoms with Crippen molar-refractivity contribution in [2.45, 2.75) is 264 Å². The molecule has 648 valence electrons. The molecule has 0 radical (unpaired) electrons. The van der Waals surface area contributed by atoms with Crippen LogP contribution in [0.15, 0.2) is 281 Å². The molecule has 2 unspecified atom stereocenters.